The van der Waals surface area contributed by atoms with Crippen LogP contribution in [0.1, 0.15) is 46.8 Å². The molecule has 0 aliphatic carbocycles. The lowest BCUT2D eigenvalue weighted by molar-refractivity contribution is 0.0754. The van der Waals surface area contributed by atoms with E-state index < -0.39 is 0 Å². The summed E-state index contributed by atoms with van der Waals surface area (Å²) in [7, 11) is 0. The fourth-order valence-corrected chi connectivity index (χ4v) is 2.64. The summed E-state index contributed by atoms with van der Waals surface area (Å²) in [5.74, 6) is 5.39. The number of carbonyl (C=O) groups excluding carboxylic acids is 1. The van der Waals surface area contributed by atoms with Crippen molar-refractivity contribution in [3.8, 4) is 11.8 Å². The molecule has 1 aromatic heterocycles. The summed E-state index contributed by atoms with van der Waals surface area (Å²) >= 11 is 1.36. The van der Waals surface area contributed by atoms with Crippen LogP contribution >= 0.6 is 11.3 Å². The molecule has 0 aliphatic heterocycles. The minimum absolute atomic E-state index is 0.0649. The number of ether oxygens (including phenoxy) is 1. The van der Waals surface area contributed by atoms with E-state index >= 15 is 0 Å². The smallest absolute Gasteiger partial charge is 0.261 e. The Morgan fingerprint density at radius 3 is 2.90 bits per heavy atom. The molecular weight excluding hydrogens is 286 g/mol. The lowest BCUT2D eigenvalue weighted by atomic mass is 10.2. The number of aliphatic hydroxyl groups is 1. The zero-order valence-electron chi connectivity index (χ0n) is 12.9. The van der Waals surface area contributed by atoms with Gasteiger partial charge in [0, 0.05) is 13.2 Å². The standard InChI is InChI=1S/C16H23NO3S/c1-12(2)20-10-5-4-8-17-16(19)15-11-13(3)14(21-15)7-6-9-18/h11-12,18H,4-5,8-10H2,1-3H3,(H,17,19). The fraction of sp³-hybridized carbons (Fsp3) is 0.562. The van der Waals surface area contributed by atoms with Gasteiger partial charge in [-0.25, -0.2) is 0 Å². The number of aryl methyl sites for hydroxylation is 1. The highest BCUT2D eigenvalue weighted by Gasteiger charge is 2.10. The molecule has 116 valence electrons. The largest absolute Gasteiger partial charge is 0.384 e. The van der Waals surface area contributed by atoms with Crippen LogP contribution in [0.5, 0.6) is 0 Å². The van der Waals surface area contributed by atoms with Crippen LogP contribution in [-0.4, -0.2) is 36.9 Å². The van der Waals surface area contributed by atoms with Gasteiger partial charge in [0.25, 0.3) is 5.91 Å². The molecule has 0 spiro atoms. The summed E-state index contributed by atoms with van der Waals surface area (Å²) in [6, 6.07) is 1.84. The molecule has 0 saturated heterocycles. The summed E-state index contributed by atoms with van der Waals surface area (Å²) < 4.78 is 5.44. The highest BCUT2D eigenvalue weighted by atomic mass is 32.1. The van der Waals surface area contributed by atoms with Crippen LogP contribution in [0.15, 0.2) is 6.07 Å². The van der Waals surface area contributed by atoms with Crippen LogP contribution in [0.25, 0.3) is 0 Å². The normalized spacial score (nSPS) is 10.3. The Bertz CT molecular complexity index is 511. The summed E-state index contributed by atoms with van der Waals surface area (Å²) in [4.78, 5) is 13.5. The predicted octanol–water partition coefficient (Wildman–Crippen LogP) is 2.34. The van der Waals surface area contributed by atoms with E-state index in [0.717, 1.165) is 29.9 Å². The van der Waals surface area contributed by atoms with Crippen LogP contribution in [0.3, 0.4) is 0 Å². The Hall–Kier alpha value is -1.35. The number of hydrogen-bond donors (Lipinski definition) is 2. The van der Waals surface area contributed by atoms with Crippen molar-refractivity contribution in [1.82, 2.24) is 5.32 Å². The number of amides is 1. The van der Waals surface area contributed by atoms with Crippen molar-refractivity contribution in [2.24, 2.45) is 0 Å². The molecular formula is C16H23NO3S. The van der Waals surface area contributed by atoms with Gasteiger partial charge in [0.05, 0.1) is 15.9 Å². The lowest BCUT2D eigenvalue weighted by Crippen LogP contribution is -2.23. The van der Waals surface area contributed by atoms with E-state index in [9.17, 15) is 4.79 Å². The topological polar surface area (TPSA) is 58.6 Å². The first-order valence-corrected chi connectivity index (χ1v) is 7.96. The predicted molar refractivity (Wildman–Crippen MR) is 85.7 cm³/mol. The van der Waals surface area contributed by atoms with Gasteiger partial charge in [0.2, 0.25) is 0 Å². The molecule has 1 aromatic rings. The second-order valence-corrected chi connectivity index (χ2v) is 6.02. The SMILES string of the molecule is Cc1cc(C(=O)NCCCCOC(C)C)sc1C#CCO. The molecule has 0 unspecified atom stereocenters. The summed E-state index contributed by atoms with van der Waals surface area (Å²) in [5.41, 5.74) is 0.969. The third kappa shape index (κ3) is 6.76. The molecule has 0 radical (unpaired) electrons. The molecule has 0 bridgehead atoms. The number of hydrogen-bond acceptors (Lipinski definition) is 4. The highest BCUT2D eigenvalue weighted by Crippen LogP contribution is 2.20. The fourth-order valence-electron chi connectivity index (χ4n) is 1.67. The van der Waals surface area contributed by atoms with Crippen molar-refractivity contribution in [1.29, 1.82) is 0 Å². The highest BCUT2D eigenvalue weighted by molar-refractivity contribution is 7.14. The molecule has 2 N–H and O–H groups in total. The number of aliphatic hydroxyl groups excluding tert-OH is 1. The molecule has 0 saturated carbocycles. The first kappa shape index (κ1) is 17.7. The van der Waals surface area contributed by atoms with E-state index in [4.69, 9.17) is 9.84 Å². The number of thiophene rings is 1. The molecule has 1 heterocycles. The number of rotatable bonds is 7. The molecule has 1 rings (SSSR count). The Balaban J connectivity index is 2.35. The van der Waals surface area contributed by atoms with Crippen molar-refractivity contribution in [3.05, 3.63) is 21.4 Å². The van der Waals surface area contributed by atoms with Crippen molar-refractivity contribution < 1.29 is 14.6 Å². The van der Waals surface area contributed by atoms with Gasteiger partial charge in [-0.1, -0.05) is 11.8 Å². The molecule has 5 heteroatoms. The van der Waals surface area contributed by atoms with Crippen LogP contribution in [-0.2, 0) is 4.74 Å². The number of carbonyl (C=O) groups is 1. The van der Waals surface area contributed by atoms with Crippen LogP contribution in [0.2, 0.25) is 0 Å². The van der Waals surface area contributed by atoms with Gasteiger partial charge in [0.1, 0.15) is 6.61 Å². The molecule has 4 nitrogen and oxygen atoms in total. The quantitative estimate of drug-likeness (QED) is 0.600. The van der Waals surface area contributed by atoms with E-state index in [-0.39, 0.29) is 18.6 Å². The summed E-state index contributed by atoms with van der Waals surface area (Å²) in [5, 5.41) is 11.6. The van der Waals surface area contributed by atoms with Gasteiger partial charge in [-0.3, -0.25) is 4.79 Å². The van der Waals surface area contributed by atoms with Gasteiger partial charge in [-0.05, 0) is 45.2 Å². The van der Waals surface area contributed by atoms with Crippen molar-refractivity contribution in [3.63, 3.8) is 0 Å². The summed E-state index contributed by atoms with van der Waals surface area (Å²) in [6.45, 7) is 7.15. The number of nitrogens with one attached hydrogen (secondary N) is 1. The Morgan fingerprint density at radius 2 is 2.24 bits per heavy atom. The number of unbranched alkanes of at least 4 members (excludes halogenated alkanes) is 1. The third-order valence-electron chi connectivity index (χ3n) is 2.73. The third-order valence-corrected chi connectivity index (χ3v) is 3.88. The molecule has 0 aromatic carbocycles. The second-order valence-electron chi connectivity index (χ2n) is 4.97. The van der Waals surface area contributed by atoms with Gasteiger partial charge in [0.15, 0.2) is 0 Å². The average Bonchev–Trinajstić information content (AvgIpc) is 2.81. The minimum Gasteiger partial charge on any atom is -0.384 e. The lowest BCUT2D eigenvalue weighted by Gasteiger charge is -2.07. The van der Waals surface area contributed by atoms with Gasteiger partial charge in [-0.2, -0.15) is 0 Å². The van der Waals surface area contributed by atoms with Crippen molar-refractivity contribution >= 4 is 17.2 Å². The molecule has 0 aliphatic rings. The van der Waals surface area contributed by atoms with E-state index in [2.05, 4.69) is 17.2 Å². The van der Waals surface area contributed by atoms with Gasteiger partial charge < -0.3 is 15.2 Å². The summed E-state index contributed by atoms with van der Waals surface area (Å²) in [6.07, 6.45) is 2.10. The van der Waals surface area contributed by atoms with Gasteiger partial charge in [-0.15, -0.1) is 11.3 Å². The maximum atomic E-state index is 12.0. The van der Waals surface area contributed by atoms with Crippen LogP contribution < -0.4 is 5.32 Å². The van der Waals surface area contributed by atoms with E-state index in [1.807, 2.05) is 26.8 Å². The van der Waals surface area contributed by atoms with E-state index in [1.165, 1.54) is 11.3 Å². The van der Waals surface area contributed by atoms with Crippen LogP contribution in [0, 0.1) is 18.8 Å². The van der Waals surface area contributed by atoms with Crippen molar-refractivity contribution in [2.45, 2.75) is 39.7 Å². The van der Waals surface area contributed by atoms with Gasteiger partial charge >= 0.3 is 0 Å². The minimum atomic E-state index is -0.169. The Morgan fingerprint density at radius 1 is 1.48 bits per heavy atom. The molecule has 0 fully saturated rings. The zero-order chi connectivity index (χ0) is 15.7. The first-order valence-electron chi connectivity index (χ1n) is 7.14. The first-order chi connectivity index (χ1) is 10.0. The maximum absolute atomic E-state index is 12.0. The second kappa shape index (κ2) is 9.56. The Kier molecular flexibility index (Phi) is 8.06. The van der Waals surface area contributed by atoms with Crippen molar-refractivity contribution in [2.75, 3.05) is 19.8 Å². The Labute approximate surface area is 130 Å². The monoisotopic (exact) mass is 309 g/mol. The van der Waals surface area contributed by atoms with E-state index in [0.29, 0.717) is 11.4 Å². The molecule has 0 atom stereocenters. The molecule has 1 amide bonds. The van der Waals surface area contributed by atoms with Crippen LogP contribution in [0.4, 0.5) is 0 Å². The average molecular weight is 309 g/mol. The molecule has 21 heavy (non-hydrogen) atoms. The van der Waals surface area contributed by atoms with E-state index in [1.54, 1.807) is 0 Å². The zero-order valence-corrected chi connectivity index (χ0v) is 13.7. The maximum Gasteiger partial charge on any atom is 0.261 e.